The van der Waals surface area contributed by atoms with Crippen molar-refractivity contribution in [3.8, 4) is 0 Å². The zero-order chi connectivity index (χ0) is 16.7. The van der Waals surface area contributed by atoms with E-state index in [0.717, 1.165) is 9.80 Å². The van der Waals surface area contributed by atoms with Gasteiger partial charge in [0.15, 0.2) is 5.82 Å². The summed E-state index contributed by atoms with van der Waals surface area (Å²) in [7, 11) is 2.88. The Morgan fingerprint density at radius 1 is 1.36 bits per heavy atom. The van der Waals surface area contributed by atoms with Crippen LogP contribution in [0.15, 0.2) is 12.5 Å². The molecule has 0 aromatic carbocycles. The van der Waals surface area contributed by atoms with Crippen LogP contribution in [-0.4, -0.2) is 58.2 Å². The number of amides is 2. The number of nitrogens with zero attached hydrogens (tertiary/aromatic N) is 4. The fraction of sp³-hybridized carbons (Fsp3) is 0.455. The van der Waals surface area contributed by atoms with Crippen LogP contribution in [-0.2, 0) is 21.4 Å². The van der Waals surface area contributed by atoms with Crippen LogP contribution in [0.25, 0.3) is 0 Å². The summed E-state index contributed by atoms with van der Waals surface area (Å²) < 4.78 is 41.6. The van der Waals surface area contributed by atoms with E-state index < -0.39 is 30.2 Å². The van der Waals surface area contributed by atoms with Gasteiger partial charge in [-0.3, -0.25) is 4.90 Å². The maximum atomic E-state index is 12.1. The quantitative estimate of drug-likeness (QED) is 0.578. The van der Waals surface area contributed by atoms with Crippen LogP contribution in [0.5, 0.6) is 0 Å². The normalized spacial score (nSPS) is 18.8. The Morgan fingerprint density at radius 3 is 2.50 bits per heavy atom. The number of esters is 2. The van der Waals surface area contributed by atoms with Gasteiger partial charge in [-0.05, 0) is 0 Å². The molecule has 1 aliphatic heterocycles. The molecule has 1 unspecified atom stereocenters. The lowest BCUT2D eigenvalue weighted by molar-refractivity contribution is -0.202. The molecule has 22 heavy (non-hydrogen) atoms. The molecule has 1 aromatic rings. The van der Waals surface area contributed by atoms with Crippen LogP contribution < -0.4 is 4.90 Å². The molecule has 1 aliphatic rings. The molecule has 8 nitrogen and oxygen atoms in total. The van der Waals surface area contributed by atoms with Crippen molar-refractivity contribution in [1.29, 1.82) is 0 Å². The Labute approximate surface area is 122 Å². The van der Waals surface area contributed by atoms with Crippen molar-refractivity contribution in [3.63, 3.8) is 0 Å². The van der Waals surface area contributed by atoms with Crippen molar-refractivity contribution in [2.45, 2.75) is 12.2 Å². The highest BCUT2D eigenvalue weighted by Crippen LogP contribution is 2.23. The number of hydrogen-bond donors (Lipinski definition) is 0. The number of aryl methyl sites for hydroxylation is 1. The topological polar surface area (TPSA) is 84.7 Å². The molecule has 0 N–H and O–H groups in total. The summed E-state index contributed by atoms with van der Waals surface area (Å²) >= 11 is 0. The minimum absolute atomic E-state index is 0.233. The molecule has 0 aliphatic carbocycles. The molecular weight excluding hydrogens is 309 g/mol. The maximum Gasteiger partial charge on any atom is 0.491 e. The molecule has 2 heterocycles. The molecule has 0 radical (unpaired) electrons. The van der Waals surface area contributed by atoms with Crippen molar-refractivity contribution >= 4 is 23.8 Å². The van der Waals surface area contributed by atoms with Gasteiger partial charge in [0.05, 0.1) is 12.9 Å². The third-order valence-corrected chi connectivity index (χ3v) is 3.02. The number of anilines is 1. The van der Waals surface area contributed by atoms with Gasteiger partial charge < -0.3 is 14.2 Å². The summed E-state index contributed by atoms with van der Waals surface area (Å²) in [5.74, 6) is -3.83. The largest absolute Gasteiger partial charge is 0.491 e. The predicted molar refractivity (Wildman–Crippen MR) is 64.7 cm³/mol. The second-order valence-electron chi connectivity index (χ2n) is 4.62. The lowest BCUT2D eigenvalue weighted by Crippen LogP contribution is -2.40. The van der Waals surface area contributed by atoms with Gasteiger partial charge in [0, 0.05) is 20.3 Å². The summed E-state index contributed by atoms with van der Waals surface area (Å²) in [5.41, 5.74) is 0. The lowest BCUT2D eigenvalue weighted by Gasteiger charge is -2.15. The number of halogens is 3. The molecule has 2 amide bonds. The first-order valence-corrected chi connectivity index (χ1v) is 5.96. The van der Waals surface area contributed by atoms with Crippen molar-refractivity contribution in [2.75, 3.05) is 18.5 Å². The molecule has 11 heteroatoms. The SMILES string of the molecule is CN1C(=O)N(c2cn(C)cn2)CC1C(=O)OC(=O)C(F)(F)F. The molecule has 0 bridgehead atoms. The van der Waals surface area contributed by atoms with E-state index in [1.54, 1.807) is 11.6 Å². The lowest BCUT2D eigenvalue weighted by atomic mass is 10.3. The molecular formula is C11H11F3N4O4. The Kier molecular flexibility index (Phi) is 3.81. The number of ether oxygens (including phenoxy) is 1. The van der Waals surface area contributed by atoms with Crippen molar-refractivity contribution in [3.05, 3.63) is 12.5 Å². The van der Waals surface area contributed by atoms with Gasteiger partial charge in [-0.2, -0.15) is 13.2 Å². The van der Waals surface area contributed by atoms with Crippen molar-refractivity contribution < 1.29 is 32.3 Å². The van der Waals surface area contributed by atoms with E-state index in [1.807, 2.05) is 0 Å². The first-order chi connectivity index (χ1) is 10.1. The number of aromatic nitrogens is 2. The van der Waals surface area contributed by atoms with E-state index in [2.05, 4.69) is 9.72 Å². The number of likely N-dealkylation sites (N-methyl/N-ethyl adjacent to an activating group) is 1. The second-order valence-corrected chi connectivity index (χ2v) is 4.62. The second kappa shape index (κ2) is 5.31. The number of imidazole rings is 1. The monoisotopic (exact) mass is 320 g/mol. The third-order valence-electron chi connectivity index (χ3n) is 3.02. The van der Waals surface area contributed by atoms with E-state index in [1.165, 1.54) is 19.6 Å². The molecule has 0 saturated carbocycles. The number of hydrogen-bond acceptors (Lipinski definition) is 5. The van der Waals surface area contributed by atoms with Gasteiger partial charge in [-0.15, -0.1) is 0 Å². The van der Waals surface area contributed by atoms with Crippen LogP contribution in [0.4, 0.5) is 23.8 Å². The molecule has 1 fully saturated rings. The van der Waals surface area contributed by atoms with Gasteiger partial charge in [0.25, 0.3) is 0 Å². The van der Waals surface area contributed by atoms with Gasteiger partial charge in [-0.1, -0.05) is 0 Å². The van der Waals surface area contributed by atoms with E-state index in [0.29, 0.717) is 0 Å². The van der Waals surface area contributed by atoms with Crippen LogP contribution in [0.2, 0.25) is 0 Å². The van der Waals surface area contributed by atoms with Gasteiger partial charge >= 0.3 is 24.1 Å². The van der Waals surface area contributed by atoms with Gasteiger partial charge in [0.1, 0.15) is 6.04 Å². The maximum absolute atomic E-state index is 12.1. The summed E-state index contributed by atoms with van der Waals surface area (Å²) in [6.45, 7) is -0.268. The Hall–Kier alpha value is -2.59. The van der Waals surface area contributed by atoms with E-state index in [4.69, 9.17) is 0 Å². The molecule has 120 valence electrons. The molecule has 1 saturated heterocycles. The number of carbonyl (C=O) groups excluding carboxylic acids is 3. The average Bonchev–Trinajstić information content (AvgIpc) is 2.94. The van der Waals surface area contributed by atoms with Crippen LogP contribution in [0, 0.1) is 0 Å². The van der Waals surface area contributed by atoms with Gasteiger partial charge in [-0.25, -0.2) is 19.4 Å². The molecule has 1 atom stereocenters. The molecule has 2 rings (SSSR count). The van der Waals surface area contributed by atoms with Crippen molar-refractivity contribution in [1.82, 2.24) is 14.5 Å². The first kappa shape index (κ1) is 15.8. The van der Waals surface area contributed by atoms with Crippen LogP contribution in [0.3, 0.4) is 0 Å². The van der Waals surface area contributed by atoms with Crippen molar-refractivity contribution in [2.24, 2.45) is 7.05 Å². The third kappa shape index (κ3) is 2.87. The average molecular weight is 320 g/mol. The zero-order valence-electron chi connectivity index (χ0n) is 11.5. The highest BCUT2D eigenvalue weighted by molar-refractivity contribution is 6.00. The molecule has 1 aromatic heterocycles. The molecule has 0 spiro atoms. The number of carbonyl (C=O) groups is 3. The summed E-state index contributed by atoms with van der Waals surface area (Å²) in [6, 6.07) is -1.97. The summed E-state index contributed by atoms with van der Waals surface area (Å²) in [5, 5.41) is 0. The standard InChI is InChI=1S/C11H11F3N4O4/c1-16-4-7(15-5-16)18-3-6(17(2)10(18)21)8(19)22-9(20)11(12,13)14/h4-6H,3H2,1-2H3. The van der Waals surface area contributed by atoms with E-state index >= 15 is 0 Å². The number of alkyl halides is 3. The fourth-order valence-electron chi connectivity index (χ4n) is 1.88. The highest BCUT2D eigenvalue weighted by atomic mass is 19.4. The Morgan fingerprint density at radius 2 is 2.00 bits per heavy atom. The minimum atomic E-state index is -5.28. The predicted octanol–water partition coefficient (Wildman–Crippen LogP) is 0.293. The Balaban J connectivity index is 2.11. The smallest absolute Gasteiger partial charge is 0.385 e. The first-order valence-electron chi connectivity index (χ1n) is 5.96. The van der Waals surface area contributed by atoms with Gasteiger partial charge in [0.2, 0.25) is 0 Å². The number of urea groups is 1. The minimum Gasteiger partial charge on any atom is -0.385 e. The van der Waals surface area contributed by atoms with Crippen LogP contribution >= 0.6 is 0 Å². The van der Waals surface area contributed by atoms with E-state index in [9.17, 15) is 27.6 Å². The summed E-state index contributed by atoms with van der Waals surface area (Å²) in [4.78, 5) is 40.2. The highest BCUT2D eigenvalue weighted by Gasteiger charge is 2.47. The Bertz CT molecular complexity index is 627. The van der Waals surface area contributed by atoms with E-state index in [-0.39, 0.29) is 12.4 Å². The fourth-order valence-corrected chi connectivity index (χ4v) is 1.88. The zero-order valence-corrected chi connectivity index (χ0v) is 11.5. The number of rotatable bonds is 2. The van der Waals surface area contributed by atoms with Crippen LogP contribution in [0.1, 0.15) is 0 Å². The summed E-state index contributed by atoms with van der Waals surface area (Å²) in [6.07, 6.45) is -2.36.